The fraction of sp³-hybridized carbons (Fsp3) is 0.308. The first-order valence-electron chi connectivity index (χ1n) is 11.7. The standard InChI is InChI=1S/C26H19F9O4S/c27-9-2-1-3-13-11-14(26(33,34)35)4-6-16(13)17-8-10-38-19-12-15(5-7-18(17)19)40(36,37)39-25-23(31)21(29)20(28)22(30)24(25)32/h4-7,11-12,17H,1-3,8-10H2/t17-/m0/s1. The molecule has 0 spiro atoms. The molecule has 0 bridgehead atoms. The smallest absolute Gasteiger partial charge is 0.416 e. The maximum absolute atomic E-state index is 14.0. The Kier molecular flexibility index (Phi) is 8.29. The Hall–Kier alpha value is -3.42. The third-order valence-electron chi connectivity index (χ3n) is 6.35. The van der Waals surface area contributed by atoms with Crippen molar-refractivity contribution in [3.63, 3.8) is 0 Å². The van der Waals surface area contributed by atoms with Gasteiger partial charge in [0.25, 0.3) is 0 Å². The molecule has 1 aliphatic rings. The van der Waals surface area contributed by atoms with Gasteiger partial charge in [-0.05, 0) is 55.0 Å². The Labute approximate surface area is 222 Å². The number of hydrogen-bond acceptors (Lipinski definition) is 4. The highest BCUT2D eigenvalue weighted by atomic mass is 32.2. The van der Waals surface area contributed by atoms with Gasteiger partial charge in [-0.15, -0.1) is 0 Å². The van der Waals surface area contributed by atoms with Gasteiger partial charge in [0, 0.05) is 17.5 Å². The van der Waals surface area contributed by atoms with Crippen molar-refractivity contribution in [3.05, 3.63) is 87.7 Å². The van der Waals surface area contributed by atoms with Crippen LogP contribution in [0.3, 0.4) is 0 Å². The average Bonchev–Trinajstić information content (AvgIpc) is 2.92. The van der Waals surface area contributed by atoms with Crippen LogP contribution in [-0.2, 0) is 22.7 Å². The second kappa shape index (κ2) is 11.2. The molecule has 0 unspecified atom stereocenters. The van der Waals surface area contributed by atoms with Crippen LogP contribution in [0.5, 0.6) is 11.5 Å². The van der Waals surface area contributed by atoms with Crippen LogP contribution in [0.1, 0.15) is 47.4 Å². The molecule has 4 nitrogen and oxygen atoms in total. The minimum absolute atomic E-state index is 0.00457. The maximum Gasteiger partial charge on any atom is 0.416 e. The first-order valence-corrected chi connectivity index (χ1v) is 13.2. The number of ether oxygens (including phenoxy) is 1. The minimum atomic E-state index is -5.14. The Balaban J connectivity index is 1.71. The van der Waals surface area contributed by atoms with Crippen molar-refractivity contribution in [1.82, 2.24) is 0 Å². The largest absolute Gasteiger partial charge is 0.493 e. The van der Waals surface area contributed by atoms with Gasteiger partial charge < -0.3 is 8.92 Å². The third-order valence-corrected chi connectivity index (χ3v) is 7.57. The molecule has 40 heavy (non-hydrogen) atoms. The minimum Gasteiger partial charge on any atom is -0.493 e. The van der Waals surface area contributed by atoms with Crippen molar-refractivity contribution in [2.75, 3.05) is 13.3 Å². The van der Waals surface area contributed by atoms with E-state index in [1.807, 2.05) is 0 Å². The molecule has 0 fully saturated rings. The summed E-state index contributed by atoms with van der Waals surface area (Å²) in [6, 6.07) is 6.28. The van der Waals surface area contributed by atoms with E-state index in [4.69, 9.17) is 4.74 Å². The average molecular weight is 598 g/mol. The summed E-state index contributed by atoms with van der Waals surface area (Å²) in [6.45, 7) is -0.636. The van der Waals surface area contributed by atoms with Gasteiger partial charge in [-0.2, -0.15) is 30.4 Å². The topological polar surface area (TPSA) is 52.6 Å². The predicted octanol–water partition coefficient (Wildman–Crippen LogP) is 7.38. The number of rotatable bonds is 8. The number of halogens is 9. The summed E-state index contributed by atoms with van der Waals surface area (Å²) in [5.74, 6) is -14.9. The molecule has 1 atom stereocenters. The van der Waals surface area contributed by atoms with Crippen LogP contribution in [0, 0.1) is 29.1 Å². The molecule has 0 N–H and O–H groups in total. The lowest BCUT2D eigenvalue weighted by molar-refractivity contribution is -0.137. The molecule has 0 amide bonds. The predicted molar refractivity (Wildman–Crippen MR) is 123 cm³/mol. The lowest BCUT2D eigenvalue weighted by Gasteiger charge is -2.29. The monoisotopic (exact) mass is 598 g/mol. The molecular weight excluding hydrogens is 579 g/mol. The second-order valence-electron chi connectivity index (χ2n) is 8.88. The molecule has 0 aromatic heterocycles. The molecule has 0 radical (unpaired) electrons. The van der Waals surface area contributed by atoms with Crippen LogP contribution in [0.15, 0.2) is 41.3 Å². The quantitative estimate of drug-likeness (QED) is 0.0894. The van der Waals surface area contributed by atoms with E-state index in [-0.39, 0.29) is 31.6 Å². The van der Waals surface area contributed by atoms with Crippen molar-refractivity contribution >= 4 is 10.1 Å². The molecule has 3 aromatic rings. The summed E-state index contributed by atoms with van der Waals surface area (Å²) in [6.07, 6.45) is -3.74. The molecular formula is C26H19F9O4S. The van der Waals surface area contributed by atoms with Gasteiger partial charge >= 0.3 is 16.3 Å². The number of alkyl halides is 4. The van der Waals surface area contributed by atoms with Crippen molar-refractivity contribution in [3.8, 4) is 11.5 Å². The van der Waals surface area contributed by atoms with Gasteiger partial charge in [0.2, 0.25) is 34.8 Å². The zero-order chi connectivity index (χ0) is 29.4. The number of fused-ring (bicyclic) bond motifs is 1. The van der Waals surface area contributed by atoms with Crippen molar-refractivity contribution < 1.29 is 56.9 Å². The molecule has 3 aromatic carbocycles. The molecule has 1 heterocycles. The third kappa shape index (κ3) is 5.72. The summed E-state index contributed by atoms with van der Waals surface area (Å²) < 4.78 is 156. The molecule has 0 saturated carbocycles. The summed E-state index contributed by atoms with van der Waals surface area (Å²) in [5, 5.41) is 0. The van der Waals surface area contributed by atoms with Crippen LogP contribution in [0.25, 0.3) is 0 Å². The van der Waals surface area contributed by atoms with E-state index >= 15 is 0 Å². The molecule has 0 saturated heterocycles. The maximum atomic E-state index is 14.0. The van der Waals surface area contributed by atoms with E-state index in [0.717, 1.165) is 24.3 Å². The highest BCUT2D eigenvalue weighted by Gasteiger charge is 2.34. The first kappa shape index (κ1) is 29.6. The van der Waals surface area contributed by atoms with E-state index in [9.17, 15) is 47.9 Å². The van der Waals surface area contributed by atoms with Gasteiger partial charge in [-0.1, -0.05) is 12.1 Å². The summed E-state index contributed by atoms with van der Waals surface area (Å²) in [7, 11) is -5.14. The van der Waals surface area contributed by atoms with Gasteiger partial charge in [0.15, 0.2) is 0 Å². The van der Waals surface area contributed by atoms with E-state index in [0.29, 0.717) is 23.1 Å². The number of hydrogen-bond donors (Lipinski definition) is 0. The number of benzene rings is 3. The zero-order valence-corrected chi connectivity index (χ0v) is 21.0. The molecule has 4 rings (SSSR count). The summed E-state index contributed by atoms with van der Waals surface area (Å²) in [5.41, 5.74) is 0.301. The second-order valence-corrected chi connectivity index (χ2v) is 10.4. The Morgan fingerprint density at radius 3 is 2.10 bits per heavy atom. The van der Waals surface area contributed by atoms with Crippen LogP contribution in [-0.4, -0.2) is 21.7 Å². The van der Waals surface area contributed by atoms with Crippen LogP contribution in [0.2, 0.25) is 0 Å². The van der Waals surface area contributed by atoms with Gasteiger partial charge in [-0.25, -0.2) is 13.2 Å². The first-order chi connectivity index (χ1) is 18.8. The van der Waals surface area contributed by atoms with Gasteiger partial charge in [0.05, 0.1) is 18.8 Å². The Bertz CT molecular complexity index is 1510. The van der Waals surface area contributed by atoms with Crippen LogP contribution >= 0.6 is 0 Å². The fourth-order valence-electron chi connectivity index (χ4n) is 4.41. The van der Waals surface area contributed by atoms with Crippen molar-refractivity contribution in [2.45, 2.75) is 42.7 Å². The van der Waals surface area contributed by atoms with Crippen molar-refractivity contribution in [2.24, 2.45) is 0 Å². The van der Waals surface area contributed by atoms with E-state index < -0.39 is 74.2 Å². The van der Waals surface area contributed by atoms with Gasteiger partial charge in [-0.3, -0.25) is 4.39 Å². The molecule has 216 valence electrons. The highest BCUT2D eigenvalue weighted by Crippen LogP contribution is 2.42. The number of aryl methyl sites for hydroxylation is 1. The highest BCUT2D eigenvalue weighted by molar-refractivity contribution is 7.87. The van der Waals surface area contributed by atoms with E-state index in [1.54, 1.807) is 0 Å². The fourth-order valence-corrected chi connectivity index (χ4v) is 5.36. The Morgan fingerprint density at radius 2 is 1.48 bits per heavy atom. The lowest BCUT2D eigenvalue weighted by Crippen LogP contribution is -2.19. The molecule has 14 heteroatoms. The molecule has 0 aliphatic carbocycles. The lowest BCUT2D eigenvalue weighted by atomic mass is 9.82. The SMILES string of the molecule is O=S(=O)(Oc1c(F)c(F)c(F)c(F)c1F)c1ccc2c(c1)OCC[C@H]2c1ccc(C(F)(F)F)cc1CCCCF. The van der Waals surface area contributed by atoms with Crippen LogP contribution < -0.4 is 8.92 Å². The van der Waals surface area contributed by atoms with Crippen molar-refractivity contribution in [1.29, 1.82) is 0 Å². The van der Waals surface area contributed by atoms with E-state index in [2.05, 4.69) is 4.18 Å². The number of unbranched alkanes of at least 4 members (excludes halogenated alkanes) is 1. The van der Waals surface area contributed by atoms with Crippen LogP contribution in [0.4, 0.5) is 39.5 Å². The Morgan fingerprint density at radius 1 is 0.850 bits per heavy atom. The van der Waals surface area contributed by atoms with Gasteiger partial charge in [0.1, 0.15) is 10.6 Å². The summed E-state index contributed by atoms with van der Waals surface area (Å²) in [4.78, 5) is -0.744. The normalized spacial score (nSPS) is 15.5. The van der Waals surface area contributed by atoms with E-state index in [1.165, 1.54) is 12.1 Å². The summed E-state index contributed by atoms with van der Waals surface area (Å²) >= 11 is 0. The molecule has 1 aliphatic heterocycles. The zero-order valence-electron chi connectivity index (χ0n) is 20.2.